The zero-order valence-corrected chi connectivity index (χ0v) is 19.6. The van der Waals surface area contributed by atoms with E-state index in [0.717, 1.165) is 30.4 Å². The highest BCUT2D eigenvalue weighted by Gasteiger charge is 2.32. The van der Waals surface area contributed by atoms with Gasteiger partial charge < -0.3 is 24.3 Å². The summed E-state index contributed by atoms with van der Waals surface area (Å²) in [5.41, 5.74) is 2.18. The molecule has 0 saturated heterocycles. The lowest BCUT2D eigenvalue weighted by molar-refractivity contribution is -0.142. The minimum Gasteiger partial charge on any atom is -0.487 e. The van der Waals surface area contributed by atoms with Crippen LogP contribution in [-0.2, 0) is 28.9 Å². The van der Waals surface area contributed by atoms with E-state index in [1.807, 2.05) is 27.7 Å². The first-order chi connectivity index (χ1) is 15.6. The van der Waals surface area contributed by atoms with Crippen molar-refractivity contribution >= 4 is 22.8 Å². The molecular weight excluding hydrogens is 426 g/mol. The van der Waals surface area contributed by atoms with Gasteiger partial charge in [-0.05, 0) is 63.9 Å². The topological polar surface area (TPSA) is 115 Å². The van der Waals surface area contributed by atoms with E-state index in [0.29, 0.717) is 47.3 Å². The van der Waals surface area contributed by atoms with E-state index in [2.05, 4.69) is 5.32 Å². The van der Waals surface area contributed by atoms with Crippen molar-refractivity contribution in [2.75, 3.05) is 6.61 Å². The first-order valence-corrected chi connectivity index (χ1v) is 11.5. The minimum absolute atomic E-state index is 0.114. The Morgan fingerprint density at radius 3 is 2.61 bits per heavy atom. The van der Waals surface area contributed by atoms with Gasteiger partial charge in [-0.25, -0.2) is 9.59 Å². The van der Waals surface area contributed by atoms with Crippen LogP contribution < -0.4 is 20.4 Å². The largest absolute Gasteiger partial charge is 0.487 e. The van der Waals surface area contributed by atoms with Gasteiger partial charge in [0.1, 0.15) is 28.7 Å². The highest BCUT2D eigenvalue weighted by molar-refractivity contribution is 5.93. The molecule has 0 unspecified atom stereocenters. The predicted octanol–water partition coefficient (Wildman–Crippen LogP) is 3.38. The van der Waals surface area contributed by atoms with Crippen molar-refractivity contribution < 1.29 is 28.6 Å². The summed E-state index contributed by atoms with van der Waals surface area (Å²) in [6, 6.07) is 0.792. The highest BCUT2D eigenvalue weighted by Crippen LogP contribution is 2.44. The number of aliphatic carboxylic acids is 1. The number of hydrogen-bond donors (Lipinski definition) is 2. The number of hydrogen-bond acceptors (Lipinski definition) is 6. The van der Waals surface area contributed by atoms with Gasteiger partial charge in [-0.2, -0.15) is 0 Å². The Labute approximate surface area is 192 Å². The second-order valence-electron chi connectivity index (χ2n) is 9.99. The summed E-state index contributed by atoms with van der Waals surface area (Å²) in [4.78, 5) is 36.6. The fourth-order valence-corrected chi connectivity index (χ4v) is 4.74. The first kappa shape index (κ1) is 23.1. The van der Waals surface area contributed by atoms with E-state index >= 15 is 0 Å². The van der Waals surface area contributed by atoms with Gasteiger partial charge in [-0.3, -0.25) is 4.79 Å². The number of benzene rings is 1. The van der Waals surface area contributed by atoms with Gasteiger partial charge >= 0.3 is 11.6 Å². The van der Waals surface area contributed by atoms with Gasteiger partial charge in [0.05, 0.1) is 5.39 Å². The molecule has 8 nitrogen and oxygen atoms in total. The molecule has 0 fully saturated rings. The third-order valence-corrected chi connectivity index (χ3v) is 6.33. The van der Waals surface area contributed by atoms with Crippen molar-refractivity contribution in [2.24, 2.45) is 5.92 Å². The van der Waals surface area contributed by atoms with E-state index in [1.54, 1.807) is 6.07 Å². The van der Waals surface area contributed by atoms with E-state index in [1.165, 1.54) is 0 Å². The number of carboxylic acids is 1. The normalized spacial score (nSPS) is 17.2. The molecule has 0 bridgehead atoms. The molecule has 0 spiro atoms. The van der Waals surface area contributed by atoms with Gasteiger partial charge in [0.2, 0.25) is 0 Å². The minimum atomic E-state index is -1.08. The van der Waals surface area contributed by atoms with Crippen LogP contribution in [0, 0.1) is 5.92 Å². The summed E-state index contributed by atoms with van der Waals surface area (Å²) in [6.07, 6.45) is 4.06. The molecule has 1 atom stereocenters. The molecule has 1 aliphatic heterocycles. The zero-order chi connectivity index (χ0) is 23.9. The fourth-order valence-electron chi connectivity index (χ4n) is 4.74. The van der Waals surface area contributed by atoms with Crippen LogP contribution in [0.15, 0.2) is 15.3 Å². The van der Waals surface area contributed by atoms with Crippen LogP contribution in [0.5, 0.6) is 11.5 Å². The van der Waals surface area contributed by atoms with Gasteiger partial charge in [0.15, 0.2) is 6.61 Å². The molecule has 2 aliphatic rings. The van der Waals surface area contributed by atoms with Crippen LogP contribution in [0.3, 0.4) is 0 Å². The molecule has 1 aromatic heterocycles. The first-order valence-electron chi connectivity index (χ1n) is 11.5. The van der Waals surface area contributed by atoms with Crippen molar-refractivity contribution in [3.8, 4) is 11.5 Å². The predicted molar refractivity (Wildman–Crippen MR) is 122 cm³/mol. The molecular formula is C25H31NO7. The molecule has 0 radical (unpaired) electrons. The van der Waals surface area contributed by atoms with E-state index in [-0.39, 0.29) is 23.8 Å². The van der Waals surface area contributed by atoms with Crippen LogP contribution in [0.4, 0.5) is 0 Å². The Bertz CT molecular complexity index is 1160. The third kappa shape index (κ3) is 4.70. The van der Waals surface area contributed by atoms with Gasteiger partial charge in [-0.1, -0.05) is 13.8 Å². The molecule has 1 aliphatic carbocycles. The maximum atomic E-state index is 12.6. The number of fused-ring (bicyclic) bond motifs is 5. The van der Waals surface area contributed by atoms with Crippen molar-refractivity contribution in [2.45, 2.75) is 77.9 Å². The summed E-state index contributed by atoms with van der Waals surface area (Å²) < 4.78 is 17.8. The van der Waals surface area contributed by atoms with Crippen LogP contribution >= 0.6 is 0 Å². The molecule has 1 amide bonds. The summed E-state index contributed by atoms with van der Waals surface area (Å²) in [5, 5.41) is 12.6. The van der Waals surface area contributed by atoms with Crippen molar-refractivity contribution in [3.05, 3.63) is 33.2 Å². The van der Waals surface area contributed by atoms with E-state index < -0.39 is 17.9 Å². The average molecular weight is 458 g/mol. The molecule has 4 rings (SSSR count). The van der Waals surface area contributed by atoms with Crippen molar-refractivity contribution in [1.82, 2.24) is 5.32 Å². The van der Waals surface area contributed by atoms with Crippen LogP contribution in [-0.4, -0.2) is 35.2 Å². The smallest absolute Gasteiger partial charge is 0.339 e. The van der Waals surface area contributed by atoms with Crippen molar-refractivity contribution in [3.63, 3.8) is 0 Å². The molecule has 2 N–H and O–H groups in total. The maximum Gasteiger partial charge on any atom is 0.339 e. The second-order valence-corrected chi connectivity index (χ2v) is 9.99. The number of carbonyl (C=O) groups excluding carboxylic acids is 1. The number of carbonyl (C=O) groups is 2. The molecule has 2 aromatic rings. The Balaban J connectivity index is 1.68. The summed E-state index contributed by atoms with van der Waals surface area (Å²) in [5.74, 6) is -0.494. The highest BCUT2D eigenvalue weighted by atomic mass is 16.5. The molecule has 178 valence electrons. The summed E-state index contributed by atoms with van der Waals surface area (Å²) >= 11 is 0. The molecule has 8 heteroatoms. The summed E-state index contributed by atoms with van der Waals surface area (Å²) in [7, 11) is 0. The number of rotatable bonds is 7. The monoisotopic (exact) mass is 457 g/mol. The van der Waals surface area contributed by atoms with Crippen LogP contribution in [0.1, 0.15) is 63.6 Å². The number of carboxylic acid groups (broad SMARTS) is 1. The van der Waals surface area contributed by atoms with Gasteiger partial charge in [0.25, 0.3) is 5.91 Å². The SMILES string of the molecule is CC(C)C[C@H](NC(=O)COc1cc2c(c3oc(=O)c4c(c13)CCC4)CCC(C)(C)O2)C(=O)O. The lowest BCUT2D eigenvalue weighted by Crippen LogP contribution is -2.43. The van der Waals surface area contributed by atoms with Gasteiger partial charge in [-0.15, -0.1) is 0 Å². The number of aryl methyl sites for hydroxylation is 2. The molecule has 1 aromatic carbocycles. The number of nitrogens with one attached hydrogen (secondary N) is 1. The molecule has 0 saturated carbocycles. The zero-order valence-electron chi connectivity index (χ0n) is 19.6. The lowest BCUT2D eigenvalue weighted by atomic mass is 9.91. The maximum absolute atomic E-state index is 12.6. The Hall–Kier alpha value is -3.03. The van der Waals surface area contributed by atoms with E-state index in [9.17, 15) is 19.5 Å². The Morgan fingerprint density at radius 2 is 1.91 bits per heavy atom. The Kier molecular flexibility index (Phi) is 6.12. The number of ether oxygens (including phenoxy) is 2. The third-order valence-electron chi connectivity index (χ3n) is 6.33. The molecule has 2 heterocycles. The van der Waals surface area contributed by atoms with Crippen LogP contribution in [0.25, 0.3) is 11.0 Å². The standard InChI is InChI=1S/C25H31NO7/c1-13(2)10-17(23(28)29)26-20(27)12-31-19-11-18-16(8-9-25(3,4)33-18)22-21(19)14-6-5-7-15(14)24(30)32-22/h11,13,17H,5-10,12H2,1-4H3,(H,26,27)(H,28,29)/t17-/m0/s1. The fraction of sp³-hybridized carbons (Fsp3) is 0.560. The van der Waals surface area contributed by atoms with Crippen molar-refractivity contribution in [1.29, 1.82) is 0 Å². The second kappa shape index (κ2) is 8.72. The van der Waals surface area contributed by atoms with Crippen LogP contribution in [0.2, 0.25) is 0 Å². The quantitative estimate of drug-likeness (QED) is 0.613. The Morgan fingerprint density at radius 1 is 1.18 bits per heavy atom. The van der Waals surface area contributed by atoms with Gasteiger partial charge in [0, 0.05) is 17.2 Å². The van der Waals surface area contributed by atoms with E-state index in [4.69, 9.17) is 13.9 Å². The molecule has 33 heavy (non-hydrogen) atoms. The lowest BCUT2D eigenvalue weighted by Gasteiger charge is -2.33. The summed E-state index contributed by atoms with van der Waals surface area (Å²) in [6.45, 7) is 7.43. The number of amides is 1. The average Bonchev–Trinajstić information content (AvgIpc) is 3.20.